The van der Waals surface area contributed by atoms with Crippen LogP contribution in [0.2, 0.25) is 0 Å². The first-order valence-electron chi connectivity index (χ1n) is 8.62. The van der Waals surface area contributed by atoms with Crippen LogP contribution in [0.25, 0.3) is 0 Å². The lowest BCUT2D eigenvalue weighted by Crippen LogP contribution is -2.50. The van der Waals surface area contributed by atoms with Crippen LogP contribution in [0.15, 0.2) is 52.3 Å². The maximum atomic E-state index is 14.0. The van der Waals surface area contributed by atoms with Gasteiger partial charge in [-0.2, -0.15) is 0 Å². The van der Waals surface area contributed by atoms with Crippen molar-refractivity contribution in [3.63, 3.8) is 0 Å². The Hall–Kier alpha value is -2.94. The minimum atomic E-state index is -0.567. The summed E-state index contributed by atoms with van der Waals surface area (Å²) in [4.78, 5) is 39.1. The number of piperazine rings is 1. The summed E-state index contributed by atoms with van der Waals surface area (Å²) in [6.45, 7) is 2.97. The van der Waals surface area contributed by atoms with Crippen LogP contribution >= 0.6 is 11.8 Å². The van der Waals surface area contributed by atoms with Gasteiger partial charge in [-0.25, -0.2) is 4.39 Å². The molecule has 1 fully saturated rings. The number of nitro benzene ring substituents is 1. The lowest BCUT2D eigenvalue weighted by atomic mass is 10.1. The quantitative estimate of drug-likeness (QED) is 0.578. The molecule has 1 saturated heterocycles. The predicted molar refractivity (Wildman–Crippen MR) is 102 cm³/mol. The predicted octanol–water partition coefficient (Wildman–Crippen LogP) is 3.19. The Morgan fingerprint density at radius 3 is 2.29 bits per heavy atom. The second-order valence-corrected chi connectivity index (χ2v) is 7.35. The normalized spacial score (nSPS) is 14.1. The van der Waals surface area contributed by atoms with E-state index in [4.69, 9.17) is 0 Å². The molecular formula is C19H18FN3O4S. The molecule has 0 N–H and O–H groups in total. The van der Waals surface area contributed by atoms with E-state index in [0.29, 0.717) is 36.0 Å². The Bertz CT molecular complexity index is 929. The highest BCUT2D eigenvalue weighted by atomic mass is 32.2. The van der Waals surface area contributed by atoms with Gasteiger partial charge in [0.2, 0.25) is 5.91 Å². The third kappa shape index (κ3) is 4.30. The number of hydrogen-bond donors (Lipinski definition) is 0. The van der Waals surface area contributed by atoms with E-state index in [1.54, 1.807) is 28.0 Å². The highest BCUT2D eigenvalue weighted by molar-refractivity contribution is 7.99. The molecule has 0 aromatic heterocycles. The van der Waals surface area contributed by atoms with E-state index in [-0.39, 0.29) is 23.1 Å². The average molecular weight is 403 g/mol. The second-order valence-electron chi connectivity index (χ2n) is 6.27. The molecule has 0 atom stereocenters. The zero-order chi connectivity index (χ0) is 20.3. The number of non-ortho nitro benzene ring substituents is 1. The number of halogens is 1. The van der Waals surface area contributed by atoms with Crippen LogP contribution in [0.3, 0.4) is 0 Å². The number of amides is 2. The topological polar surface area (TPSA) is 83.8 Å². The van der Waals surface area contributed by atoms with Gasteiger partial charge in [0.15, 0.2) is 0 Å². The van der Waals surface area contributed by atoms with Crippen molar-refractivity contribution in [2.24, 2.45) is 0 Å². The highest BCUT2D eigenvalue weighted by Crippen LogP contribution is 2.34. The van der Waals surface area contributed by atoms with E-state index in [9.17, 15) is 24.1 Å². The molecule has 1 aliphatic heterocycles. The van der Waals surface area contributed by atoms with Crippen LogP contribution in [-0.2, 0) is 4.79 Å². The Morgan fingerprint density at radius 2 is 1.68 bits per heavy atom. The Labute approximate surface area is 165 Å². The molecule has 7 nitrogen and oxygen atoms in total. The molecule has 2 aromatic carbocycles. The van der Waals surface area contributed by atoms with Crippen molar-refractivity contribution in [2.75, 3.05) is 26.2 Å². The first-order chi connectivity index (χ1) is 13.4. The molecular weight excluding hydrogens is 385 g/mol. The summed E-state index contributed by atoms with van der Waals surface area (Å²) in [6, 6.07) is 10.1. The summed E-state index contributed by atoms with van der Waals surface area (Å²) in [5, 5.41) is 11.2. The van der Waals surface area contributed by atoms with Crippen LogP contribution in [0.4, 0.5) is 10.1 Å². The van der Waals surface area contributed by atoms with Crippen molar-refractivity contribution in [2.45, 2.75) is 16.7 Å². The summed E-state index contributed by atoms with van der Waals surface area (Å²) in [6.07, 6.45) is 0. The molecule has 3 rings (SSSR count). The van der Waals surface area contributed by atoms with Crippen LogP contribution in [0.1, 0.15) is 17.3 Å². The van der Waals surface area contributed by atoms with Crippen molar-refractivity contribution in [1.29, 1.82) is 0 Å². The molecule has 2 aromatic rings. The van der Waals surface area contributed by atoms with E-state index >= 15 is 0 Å². The van der Waals surface area contributed by atoms with Gasteiger partial charge in [-0.05, 0) is 18.2 Å². The Morgan fingerprint density at radius 1 is 1.04 bits per heavy atom. The lowest BCUT2D eigenvalue weighted by molar-refractivity contribution is -0.384. The number of hydrogen-bond acceptors (Lipinski definition) is 5. The van der Waals surface area contributed by atoms with Gasteiger partial charge in [-0.1, -0.05) is 23.9 Å². The van der Waals surface area contributed by atoms with Crippen molar-refractivity contribution < 1.29 is 18.9 Å². The molecule has 0 radical (unpaired) electrons. The zero-order valence-electron chi connectivity index (χ0n) is 15.1. The fraction of sp³-hybridized carbons (Fsp3) is 0.263. The SMILES string of the molecule is CC(=O)N1CCN(C(=O)c2cc([N+](=O)[O-])ccc2Sc2ccccc2F)CC1. The van der Waals surface area contributed by atoms with E-state index in [1.165, 1.54) is 31.2 Å². The molecule has 2 amide bonds. The van der Waals surface area contributed by atoms with Gasteiger partial charge in [0.25, 0.3) is 11.6 Å². The van der Waals surface area contributed by atoms with Crippen LogP contribution in [0, 0.1) is 15.9 Å². The fourth-order valence-corrected chi connectivity index (χ4v) is 3.87. The molecule has 28 heavy (non-hydrogen) atoms. The zero-order valence-corrected chi connectivity index (χ0v) is 15.9. The molecule has 0 bridgehead atoms. The van der Waals surface area contributed by atoms with Crippen molar-refractivity contribution in [3.8, 4) is 0 Å². The third-order valence-corrected chi connectivity index (χ3v) is 5.60. The number of rotatable bonds is 4. The number of nitrogens with zero attached hydrogens (tertiary/aromatic N) is 3. The Balaban J connectivity index is 1.90. The molecule has 1 heterocycles. The first kappa shape index (κ1) is 19.8. The van der Waals surface area contributed by atoms with Crippen LogP contribution in [0.5, 0.6) is 0 Å². The standard InChI is InChI=1S/C19H18FN3O4S/c1-13(24)21-8-10-22(11-9-21)19(25)15-12-14(23(26)27)6-7-17(15)28-18-5-3-2-4-16(18)20/h2-7,12H,8-11H2,1H3. The molecule has 0 spiro atoms. The summed E-state index contributed by atoms with van der Waals surface area (Å²) in [5.74, 6) is -0.858. The summed E-state index contributed by atoms with van der Waals surface area (Å²) < 4.78 is 14.0. The van der Waals surface area contributed by atoms with E-state index in [1.807, 2.05) is 0 Å². The maximum absolute atomic E-state index is 14.0. The van der Waals surface area contributed by atoms with Gasteiger partial charge >= 0.3 is 0 Å². The smallest absolute Gasteiger partial charge is 0.270 e. The van der Waals surface area contributed by atoms with Crippen molar-refractivity contribution >= 4 is 29.3 Å². The van der Waals surface area contributed by atoms with Crippen molar-refractivity contribution in [3.05, 3.63) is 64.0 Å². The van der Waals surface area contributed by atoms with Gasteiger partial charge < -0.3 is 9.80 Å². The van der Waals surface area contributed by atoms with E-state index in [2.05, 4.69) is 0 Å². The number of nitro groups is 1. The van der Waals surface area contributed by atoms with Crippen LogP contribution in [-0.4, -0.2) is 52.7 Å². The van der Waals surface area contributed by atoms with Gasteiger partial charge in [0, 0.05) is 55.0 Å². The van der Waals surface area contributed by atoms with Crippen molar-refractivity contribution in [1.82, 2.24) is 9.80 Å². The van der Waals surface area contributed by atoms with E-state index < -0.39 is 10.7 Å². The van der Waals surface area contributed by atoms with Crippen LogP contribution < -0.4 is 0 Å². The highest BCUT2D eigenvalue weighted by Gasteiger charge is 2.26. The number of carbonyl (C=O) groups excluding carboxylic acids is 2. The monoisotopic (exact) mass is 403 g/mol. The number of carbonyl (C=O) groups is 2. The summed E-state index contributed by atoms with van der Waals surface area (Å²) in [7, 11) is 0. The fourth-order valence-electron chi connectivity index (χ4n) is 2.93. The average Bonchev–Trinajstić information content (AvgIpc) is 2.69. The summed E-state index contributed by atoms with van der Waals surface area (Å²) >= 11 is 1.05. The largest absolute Gasteiger partial charge is 0.339 e. The van der Waals surface area contributed by atoms with E-state index in [0.717, 1.165) is 11.8 Å². The van der Waals surface area contributed by atoms with Gasteiger partial charge in [0.05, 0.1) is 10.5 Å². The molecule has 9 heteroatoms. The lowest BCUT2D eigenvalue weighted by Gasteiger charge is -2.34. The van der Waals surface area contributed by atoms with Gasteiger partial charge in [0.1, 0.15) is 5.82 Å². The second kappa shape index (κ2) is 8.39. The van der Waals surface area contributed by atoms with Gasteiger partial charge in [-0.3, -0.25) is 19.7 Å². The molecule has 146 valence electrons. The molecule has 0 aliphatic carbocycles. The third-order valence-electron chi connectivity index (χ3n) is 4.47. The minimum Gasteiger partial charge on any atom is -0.339 e. The molecule has 1 aliphatic rings. The first-order valence-corrected chi connectivity index (χ1v) is 9.44. The number of benzene rings is 2. The summed E-state index contributed by atoms with van der Waals surface area (Å²) in [5.41, 5.74) is -0.0534. The minimum absolute atomic E-state index is 0.0572. The van der Waals surface area contributed by atoms with Gasteiger partial charge in [-0.15, -0.1) is 0 Å². The molecule has 0 unspecified atom stereocenters. The molecule has 0 saturated carbocycles. The Kier molecular flexibility index (Phi) is 5.93. The maximum Gasteiger partial charge on any atom is 0.270 e.